The molecule has 1 amide bonds. The molecule has 2 aromatic rings. The molecule has 118 valence electrons. The Bertz CT molecular complexity index is 643. The van der Waals surface area contributed by atoms with E-state index in [1.807, 2.05) is 24.3 Å². The number of aliphatic hydroxyl groups is 1. The van der Waals surface area contributed by atoms with Crippen LogP contribution in [0.2, 0.25) is 0 Å². The third-order valence-corrected chi connectivity index (χ3v) is 3.98. The maximum absolute atomic E-state index is 12.3. The van der Waals surface area contributed by atoms with Crippen molar-refractivity contribution in [2.24, 2.45) is 5.41 Å². The minimum Gasteiger partial charge on any atom is -0.396 e. The Hall–Kier alpha value is -1.87. The first kappa shape index (κ1) is 16.5. The molecule has 1 unspecified atom stereocenters. The van der Waals surface area contributed by atoms with Crippen molar-refractivity contribution < 1.29 is 9.90 Å². The quantitative estimate of drug-likeness (QED) is 0.890. The molecule has 0 spiro atoms. The standard InChI is InChI=1S/C19H25NO2/c1-19(2,3)17(10-11-21)20-18(22)13-14-8-9-15-6-4-5-7-16(15)12-14/h4-9,12,17,21H,10-11,13H2,1-3H3,(H,20,22). The average molecular weight is 299 g/mol. The zero-order valence-corrected chi connectivity index (χ0v) is 13.6. The molecule has 3 heteroatoms. The van der Waals surface area contributed by atoms with E-state index in [-0.39, 0.29) is 24.0 Å². The molecule has 2 rings (SSSR count). The monoisotopic (exact) mass is 299 g/mol. The van der Waals surface area contributed by atoms with Gasteiger partial charge in [-0.05, 0) is 28.2 Å². The van der Waals surface area contributed by atoms with Crippen molar-refractivity contribution in [1.82, 2.24) is 5.32 Å². The number of carbonyl (C=O) groups excluding carboxylic acids is 1. The van der Waals surface area contributed by atoms with Gasteiger partial charge in [0.05, 0.1) is 6.42 Å². The molecule has 1 atom stereocenters. The molecule has 0 radical (unpaired) electrons. The van der Waals surface area contributed by atoms with Gasteiger partial charge in [-0.15, -0.1) is 0 Å². The SMILES string of the molecule is CC(C)(C)C(CCO)NC(=O)Cc1ccc2ccccc2c1. The van der Waals surface area contributed by atoms with Crippen molar-refractivity contribution >= 4 is 16.7 Å². The molecule has 0 fully saturated rings. The van der Waals surface area contributed by atoms with Gasteiger partial charge in [-0.1, -0.05) is 63.2 Å². The number of fused-ring (bicyclic) bond motifs is 1. The van der Waals surface area contributed by atoms with E-state index >= 15 is 0 Å². The number of hydrogen-bond donors (Lipinski definition) is 2. The van der Waals surface area contributed by atoms with Crippen LogP contribution >= 0.6 is 0 Å². The van der Waals surface area contributed by atoms with Crippen LogP contribution in [0.25, 0.3) is 10.8 Å². The van der Waals surface area contributed by atoms with E-state index in [0.29, 0.717) is 12.8 Å². The van der Waals surface area contributed by atoms with Crippen molar-refractivity contribution in [3.8, 4) is 0 Å². The highest BCUT2D eigenvalue weighted by Gasteiger charge is 2.25. The largest absolute Gasteiger partial charge is 0.396 e. The molecule has 0 heterocycles. The fraction of sp³-hybridized carbons (Fsp3) is 0.421. The smallest absolute Gasteiger partial charge is 0.224 e. The number of carbonyl (C=O) groups is 1. The molecule has 0 saturated carbocycles. The van der Waals surface area contributed by atoms with Gasteiger partial charge in [-0.25, -0.2) is 0 Å². The number of amides is 1. The lowest BCUT2D eigenvalue weighted by Crippen LogP contribution is -2.44. The molecule has 2 aromatic carbocycles. The summed E-state index contributed by atoms with van der Waals surface area (Å²) in [7, 11) is 0. The predicted molar refractivity (Wildman–Crippen MR) is 90.7 cm³/mol. The normalized spacial score (nSPS) is 13.1. The van der Waals surface area contributed by atoms with Crippen LogP contribution in [-0.4, -0.2) is 23.7 Å². The summed E-state index contributed by atoms with van der Waals surface area (Å²) >= 11 is 0. The molecule has 0 aliphatic heterocycles. The molecule has 0 saturated heterocycles. The van der Waals surface area contributed by atoms with Gasteiger partial charge in [0, 0.05) is 12.6 Å². The fourth-order valence-electron chi connectivity index (χ4n) is 2.63. The number of benzene rings is 2. The van der Waals surface area contributed by atoms with Crippen molar-refractivity contribution in [1.29, 1.82) is 0 Å². The molecule has 0 aliphatic carbocycles. The van der Waals surface area contributed by atoms with Crippen LogP contribution in [-0.2, 0) is 11.2 Å². The van der Waals surface area contributed by atoms with Crippen molar-refractivity contribution in [2.45, 2.75) is 39.7 Å². The fourth-order valence-corrected chi connectivity index (χ4v) is 2.63. The summed E-state index contributed by atoms with van der Waals surface area (Å²) in [5.74, 6) is 0.00339. The Kier molecular flexibility index (Phi) is 5.19. The van der Waals surface area contributed by atoms with Crippen LogP contribution in [0.4, 0.5) is 0 Å². The Labute approximate surface area is 132 Å². The first-order valence-electron chi connectivity index (χ1n) is 7.78. The highest BCUT2D eigenvalue weighted by Crippen LogP contribution is 2.22. The number of aliphatic hydroxyl groups excluding tert-OH is 1. The summed E-state index contributed by atoms with van der Waals surface area (Å²) in [6.07, 6.45) is 0.940. The van der Waals surface area contributed by atoms with Gasteiger partial charge in [0.25, 0.3) is 0 Å². The second kappa shape index (κ2) is 6.93. The minimum atomic E-state index is -0.0677. The summed E-state index contributed by atoms with van der Waals surface area (Å²) in [6, 6.07) is 14.2. The van der Waals surface area contributed by atoms with E-state index in [0.717, 1.165) is 10.9 Å². The molecular formula is C19H25NO2. The van der Waals surface area contributed by atoms with Gasteiger partial charge in [0.15, 0.2) is 0 Å². The van der Waals surface area contributed by atoms with Gasteiger partial charge in [-0.3, -0.25) is 4.79 Å². The topological polar surface area (TPSA) is 49.3 Å². The third kappa shape index (κ3) is 4.31. The van der Waals surface area contributed by atoms with Gasteiger partial charge < -0.3 is 10.4 Å². The molecular weight excluding hydrogens is 274 g/mol. The lowest BCUT2D eigenvalue weighted by atomic mass is 9.85. The summed E-state index contributed by atoms with van der Waals surface area (Å²) in [6.45, 7) is 6.30. The Morgan fingerprint density at radius 3 is 2.45 bits per heavy atom. The minimum absolute atomic E-state index is 0.00339. The first-order valence-corrected chi connectivity index (χ1v) is 7.78. The summed E-state index contributed by atoms with van der Waals surface area (Å²) < 4.78 is 0. The van der Waals surface area contributed by atoms with Crippen molar-refractivity contribution in [3.05, 3.63) is 48.0 Å². The molecule has 2 N–H and O–H groups in total. The van der Waals surface area contributed by atoms with Crippen LogP contribution in [0.1, 0.15) is 32.8 Å². The van der Waals surface area contributed by atoms with E-state index in [4.69, 9.17) is 5.11 Å². The maximum atomic E-state index is 12.3. The van der Waals surface area contributed by atoms with Crippen LogP contribution in [0.3, 0.4) is 0 Å². The molecule has 0 bridgehead atoms. The second-order valence-corrected chi connectivity index (χ2v) is 6.86. The number of nitrogens with one attached hydrogen (secondary N) is 1. The van der Waals surface area contributed by atoms with E-state index in [9.17, 15) is 4.79 Å². The Balaban J connectivity index is 2.06. The molecule has 22 heavy (non-hydrogen) atoms. The summed E-state index contributed by atoms with van der Waals surface area (Å²) in [5.41, 5.74) is 0.940. The van der Waals surface area contributed by atoms with E-state index in [1.54, 1.807) is 0 Å². The third-order valence-electron chi connectivity index (χ3n) is 3.98. The molecule has 0 aliphatic rings. The first-order chi connectivity index (χ1) is 10.4. The van der Waals surface area contributed by atoms with Crippen molar-refractivity contribution in [2.75, 3.05) is 6.61 Å². The van der Waals surface area contributed by atoms with Crippen molar-refractivity contribution in [3.63, 3.8) is 0 Å². The highest BCUT2D eigenvalue weighted by atomic mass is 16.3. The lowest BCUT2D eigenvalue weighted by molar-refractivity contribution is -0.122. The van der Waals surface area contributed by atoms with E-state index in [2.05, 4.69) is 44.3 Å². The number of rotatable bonds is 5. The van der Waals surface area contributed by atoms with Crippen LogP contribution < -0.4 is 5.32 Å². The van der Waals surface area contributed by atoms with Gasteiger partial charge in [-0.2, -0.15) is 0 Å². The number of hydrogen-bond acceptors (Lipinski definition) is 2. The molecule has 0 aromatic heterocycles. The second-order valence-electron chi connectivity index (χ2n) is 6.86. The van der Waals surface area contributed by atoms with Crippen LogP contribution in [0, 0.1) is 5.41 Å². The predicted octanol–water partition coefficient (Wildman–Crippen LogP) is 3.30. The van der Waals surface area contributed by atoms with Crippen LogP contribution in [0.5, 0.6) is 0 Å². The van der Waals surface area contributed by atoms with Crippen LogP contribution in [0.15, 0.2) is 42.5 Å². The summed E-state index contributed by atoms with van der Waals surface area (Å²) in [5, 5.41) is 14.6. The van der Waals surface area contributed by atoms with Gasteiger partial charge >= 0.3 is 0 Å². The van der Waals surface area contributed by atoms with Gasteiger partial charge in [0.2, 0.25) is 5.91 Å². The Morgan fingerprint density at radius 2 is 1.82 bits per heavy atom. The molecule has 3 nitrogen and oxygen atoms in total. The summed E-state index contributed by atoms with van der Waals surface area (Å²) in [4.78, 5) is 12.3. The van der Waals surface area contributed by atoms with E-state index in [1.165, 1.54) is 5.39 Å². The average Bonchev–Trinajstić information content (AvgIpc) is 2.45. The maximum Gasteiger partial charge on any atom is 0.224 e. The highest BCUT2D eigenvalue weighted by molar-refractivity contribution is 5.85. The van der Waals surface area contributed by atoms with Gasteiger partial charge in [0.1, 0.15) is 0 Å². The van der Waals surface area contributed by atoms with E-state index < -0.39 is 0 Å². The zero-order chi connectivity index (χ0) is 16.2. The Morgan fingerprint density at radius 1 is 1.14 bits per heavy atom. The lowest BCUT2D eigenvalue weighted by Gasteiger charge is -2.31. The zero-order valence-electron chi connectivity index (χ0n) is 13.6.